The fraction of sp³-hybridized carbons (Fsp3) is 0. The molecular formula is H4ClNO4S. The summed E-state index contributed by atoms with van der Waals surface area (Å²) < 4.78 is 25.8. The zero-order valence-corrected chi connectivity index (χ0v) is 4.66. The van der Waals surface area contributed by atoms with E-state index in [9.17, 15) is 8.42 Å². The molecule has 0 aliphatic heterocycles. The van der Waals surface area contributed by atoms with E-state index in [0.29, 0.717) is 4.89 Å². The van der Waals surface area contributed by atoms with Gasteiger partial charge >= 0.3 is 10.3 Å². The highest BCUT2D eigenvalue weighted by Crippen LogP contribution is 1.60. The van der Waals surface area contributed by atoms with E-state index in [1.54, 1.807) is 0 Å². The molecule has 0 aliphatic carbocycles. The summed E-state index contributed by atoms with van der Waals surface area (Å²) in [4.78, 5) is 0.632. The van der Waals surface area contributed by atoms with Crippen molar-refractivity contribution < 1.29 is 18.2 Å². The van der Waals surface area contributed by atoms with Crippen LogP contribution in [0.1, 0.15) is 0 Å². The summed E-state index contributed by atoms with van der Waals surface area (Å²) in [6.45, 7) is 0. The average molecular weight is 150 g/mol. The molecule has 0 aliphatic rings. The smallest absolute Gasteiger partial charge is 0.300 e. The molecule has 7 heavy (non-hydrogen) atoms. The van der Waals surface area contributed by atoms with Crippen LogP contribution >= 0.6 is 12.4 Å². The van der Waals surface area contributed by atoms with Crippen LogP contribution in [0.15, 0.2) is 0 Å². The van der Waals surface area contributed by atoms with Crippen molar-refractivity contribution in [3.63, 3.8) is 0 Å². The molecule has 0 unspecified atom stereocenters. The number of nitrogens with one attached hydrogen (secondary N) is 1. The fourth-order valence-electron chi connectivity index (χ4n) is 0. The van der Waals surface area contributed by atoms with Crippen LogP contribution in [0.25, 0.3) is 0 Å². The normalized spacial score (nSPS) is 10.0. The van der Waals surface area contributed by atoms with Crippen LogP contribution < -0.4 is 4.89 Å². The van der Waals surface area contributed by atoms with E-state index in [1.807, 2.05) is 0 Å². The summed E-state index contributed by atoms with van der Waals surface area (Å²) in [5.41, 5.74) is 0. The monoisotopic (exact) mass is 149 g/mol. The largest absolute Gasteiger partial charge is 0.355 e. The van der Waals surface area contributed by atoms with Gasteiger partial charge in [0.15, 0.2) is 0 Å². The quantitative estimate of drug-likeness (QED) is 0.336. The standard InChI is InChI=1S/ClH.H3NO4S/c;2-1-6(3,4)5/h1H;1-2H,(H,3,4,5). The molecule has 0 saturated heterocycles. The van der Waals surface area contributed by atoms with Crippen molar-refractivity contribution in [2.24, 2.45) is 0 Å². The molecule has 0 fully saturated rings. The van der Waals surface area contributed by atoms with Gasteiger partial charge in [-0.3, -0.25) is 4.55 Å². The van der Waals surface area contributed by atoms with Gasteiger partial charge in [0.2, 0.25) is 0 Å². The van der Waals surface area contributed by atoms with Gasteiger partial charge in [-0.1, -0.05) is 4.89 Å². The minimum Gasteiger partial charge on any atom is -0.300 e. The van der Waals surface area contributed by atoms with Crippen LogP contribution in [-0.2, 0) is 10.3 Å². The number of rotatable bonds is 1. The summed E-state index contributed by atoms with van der Waals surface area (Å²) in [7, 11) is -4.36. The van der Waals surface area contributed by atoms with Crippen molar-refractivity contribution in [1.29, 1.82) is 0 Å². The Morgan fingerprint density at radius 1 is 1.43 bits per heavy atom. The summed E-state index contributed by atoms with van der Waals surface area (Å²) in [6, 6.07) is 0. The Bertz CT molecular complexity index is 114. The molecule has 7 heteroatoms. The average Bonchev–Trinajstić information content (AvgIpc) is 1.35. The van der Waals surface area contributed by atoms with E-state index in [1.165, 1.54) is 0 Å². The number of hydrogen-bond donors (Lipinski definition) is 3. The molecular weight excluding hydrogens is 146 g/mol. The second-order valence-corrected chi connectivity index (χ2v) is 1.70. The summed E-state index contributed by atoms with van der Waals surface area (Å²) >= 11 is 0. The summed E-state index contributed by atoms with van der Waals surface area (Å²) in [6.07, 6.45) is 0. The van der Waals surface area contributed by atoms with E-state index < -0.39 is 10.3 Å². The molecule has 0 aromatic rings. The molecule has 46 valence electrons. The molecule has 0 bridgehead atoms. The maximum absolute atomic E-state index is 9.19. The molecule has 0 radical (unpaired) electrons. The van der Waals surface area contributed by atoms with Crippen molar-refractivity contribution in [2.75, 3.05) is 0 Å². The first-order chi connectivity index (χ1) is 2.56. The Hall–Kier alpha value is 0.120. The van der Waals surface area contributed by atoms with E-state index in [4.69, 9.17) is 9.76 Å². The van der Waals surface area contributed by atoms with E-state index in [-0.39, 0.29) is 12.4 Å². The lowest BCUT2D eigenvalue weighted by Gasteiger charge is -1.82. The molecule has 5 nitrogen and oxygen atoms in total. The van der Waals surface area contributed by atoms with Gasteiger partial charge in [-0.2, -0.15) is 8.42 Å². The Labute approximate surface area is 46.6 Å². The highest BCUT2D eigenvalue weighted by Gasteiger charge is 1.93. The Balaban J connectivity index is 0. The van der Waals surface area contributed by atoms with Crippen LogP contribution in [0.3, 0.4) is 0 Å². The maximum Gasteiger partial charge on any atom is 0.355 e. The zero-order chi connectivity index (χ0) is 5.21. The topological polar surface area (TPSA) is 86.6 Å². The van der Waals surface area contributed by atoms with Crippen LogP contribution in [0.2, 0.25) is 0 Å². The van der Waals surface area contributed by atoms with Gasteiger partial charge in [0.1, 0.15) is 0 Å². The Kier molecular flexibility index (Phi) is 4.60. The molecule has 0 atom stereocenters. The molecule has 0 heterocycles. The molecule has 0 aromatic carbocycles. The lowest BCUT2D eigenvalue weighted by atomic mass is 13.5. The van der Waals surface area contributed by atoms with Gasteiger partial charge in [-0.25, -0.2) is 0 Å². The summed E-state index contributed by atoms with van der Waals surface area (Å²) in [5.74, 6) is 0. The van der Waals surface area contributed by atoms with Gasteiger partial charge in [-0.15, -0.1) is 12.4 Å². The number of hydrogen-bond acceptors (Lipinski definition) is 3. The van der Waals surface area contributed by atoms with E-state index >= 15 is 0 Å². The SMILES string of the molecule is Cl.O=S(=O)(O)NO. The van der Waals surface area contributed by atoms with Crippen molar-refractivity contribution in [2.45, 2.75) is 0 Å². The van der Waals surface area contributed by atoms with E-state index in [0.717, 1.165) is 0 Å². The minimum absolute atomic E-state index is 0. The minimum atomic E-state index is -4.36. The van der Waals surface area contributed by atoms with Gasteiger partial charge in [0, 0.05) is 0 Å². The third kappa shape index (κ3) is 10.7. The van der Waals surface area contributed by atoms with Crippen molar-refractivity contribution in [1.82, 2.24) is 4.89 Å². The first kappa shape index (κ1) is 10.2. The molecule has 0 spiro atoms. The first-order valence-corrected chi connectivity index (χ1v) is 2.38. The highest BCUT2D eigenvalue weighted by molar-refractivity contribution is 7.83. The van der Waals surface area contributed by atoms with Gasteiger partial charge in [0.05, 0.1) is 0 Å². The Morgan fingerprint density at radius 3 is 1.57 bits per heavy atom. The van der Waals surface area contributed by atoms with Crippen molar-refractivity contribution in [3.05, 3.63) is 0 Å². The fourth-order valence-corrected chi connectivity index (χ4v) is 0. The third-order valence-electron chi connectivity index (χ3n) is 0.115. The van der Waals surface area contributed by atoms with Crippen LogP contribution in [-0.4, -0.2) is 18.2 Å². The third-order valence-corrected chi connectivity index (χ3v) is 0.346. The molecule has 0 rings (SSSR count). The molecule has 0 saturated carbocycles. The molecule has 0 amide bonds. The molecule has 3 N–H and O–H groups in total. The zero-order valence-electron chi connectivity index (χ0n) is 3.03. The van der Waals surface area contributed by atoms with Crippen LogP contribution in [0.5, 0.6) is 0 Å². The maximum atomic E-state index is 9.19. The van der Waals surface area contributed by atoms with E-state index in [2.05, 4.69) is 0 Å². The van der Waals surface area contributed by atoms with Crippen LogP contribution in [0, 0.1) is 0 Å². The molecule has 0 aromatic heterocycles. The first-order valence-electron chi connectivity index (χ1n) is 0.944. The second-order valence-electron chi connectivity index (χ2n) is 0.566. The lowest BCUT2D eigenvalue weighted by Crippen LogP contribution is -2.16. The summed E-state index contributed by atoms with van der Waals surface area (Å²) in [5, 5.41) is 7.31. The van der Waals surface area contributed by atoms with Gasteiger partial charge in [-0.05, 0) is 0 Å². The Morgan fingerprint density at radius 2 is 1.57 bits per heavy atom. The number of halogens is 1. The van der Waals surface area contributed by atoms with Gasteiger partial charge < -0.3 is 5.21 Å². The lowest BCUT2D eigenvalue weighted by molar-refractivity contribution is 0.226. The predicted molar refractivity (Wildman–Crippen MR) is 23.7 cm³/mol. The van der Waals surface area contributed by atoms with Crippen LogP contribution in [0.4, 0.5) is 0 Å². The van der Waals surface area contributed by atoms with Gasteiger partial charge in [0.25, 0.3) is 0 Å². The van der Waals surface area contributed by atoms with Crippen molar-refractivity contribution in [3.8, 4) is 0 Å². The predicted octanol–water partition coefficient (Wildman–Crippen LogP) is -0.810. The highest BCUT2D eigenvalue weighted by atomic mass is 35.5. The van der Waals surface area contributed by atoms with Crippen molar-refractivity contribution >= 4 is 22.7 Å². The second kappa shape index (κ2) is 3.16.